The number of benzene rings is 3. The van der Waals surface area contributed by atoms with Gasteiger partial charge in [-0.1, -0.05) is 42.3 Å². The van der Waals surface area contributed by atoms with Crippen LogP contribution in [0.4, 0.5) is 0 Å². The third-order valence-electron chi connectivity index (χ3n) is 4.30. The Labute approximate surface area is 164 Å². The van der Waals surface area contributed by atoms with Crippen molar-refractivity contribution in [2.24, 2.45) is 0 Å². The van der Waals surface area contributed by atoms with Crippen molar-refractivity contribution in [1.82, 2.24) is 0 Å². The molecule has 0 saturated carbocycles. The lowest BCUT2D eigenvalue weighted by molar-refractivity contribution is 0.0734. The predicted octanol–water partition coefficient (Wildman–Crippen LogP) is 4.12. The van der Waals surface area contributed by atoms with E-state index in [9.17, 15) is 9.90 Å². The Bertz CT molecular complexity index is 965. The van der Waals surface area contributed by atoms with Gasteiger partial charge in [-0.05, 0) is 53.1 Å². The number of methoxy groups -OCH3 is 1. The predicted molar refractivity (Wildman–Crippen MR) is 108 cm³/mol. The SMILES string of the molecule is C#CC(O)Cc1ccc(OC(=O)c2ccc(-c3ccc(OC)cc3)cc2)cc1. The van der Waals surface area contributed by atoms with Crippen molar-refractivity contribution in [3.8, 4) is 35.0 Å². The average molecular weight is 372 g/mol. The van der Waals surface area contributed by atoms with Gasteiger partial charge in [0.05, 0.1) is 12.7 Å². The molecule has 4 nitrogen and oxygen atoms in total. The first-order valence-electron chi connectivity index (χ1n) is 8.79. The molecule has 0 aliphatic carbocycles. The van der Waals surface area contributed by atoms with Crippen molar-refractivity contribution < 1.29 is 19.4 Å². The van der Waals surface area contributed by atoms with Crippen molar-refractivity contribution in [2.75, 3.05) is 7.11 Å². The van der Waals surface area contributed by atoms with Crippen molar-refractivity contribution in [2.45, 2.75) is 12.5 Å². The number of esters is 1. The van der Waals surface area contributed by atoms with E-state index in [0.717, 1.165) is 22.4 Å². The molecule has 0 heterocycles. The van der Waals surface area contributed by atoms with Crippen LogP contribution < -0.4 is 9.47 Å². The van der Waals surface area contributed by atoms with Crippen LogP contribution in [0, 0.1) is 12.3 Å². The Balaban J connectivity index is 1.65. The standard InChI is InChI=1S/C24H20O4/c1-3-21(25)16-17-4-12-23(13-5-17)28-24(26)20-8-6-18(7-9-20)19-10-14-22(27-2)15-11-19/h1,4-15,21,25H,16H2,2H3. The second-order valence-corrected chi connectivity index (χ2v) is 6.23. The quantitative estimate of drug-likeness (QED) is 0.402. The summed E-state index contributed by atoms with van der Waals surface area (Å²) < 4.78 is 10.6. The minimum atomic E-state index is -0.822. The van der Waals surface area contributed by atoms with E-state index in [1.54, 1.807) is 43.5 Å². The number of ether oxygens (including phenoxy) is 2. The Morgan fingerprint density at radius 1 is 0.929 bits per heavy atom. The number of carbonyl (C=O) groups excluding carboxylic acids is 1. The molecule has 140 valence electrons. The zero-order valence-electron chi connectivity index (χ0n) is 15.5. The summed E-state index contributed by atoms with van der Waals surface area (Å²) in [5, 5.41) is 9.48. The maximum absolute atomic E-state index is 12.3. The van der Waals surface area contributed by atoms with Crippen LogP contribution in [-0.2, 0) is 6.42 Å². The Hall–Kier alpha value is -3.55. The molecule has 4 heteroatoms. The highest BCUT2D eigenvalue weighted by atomic mass is 16.5. The van der Waals surface area contributed by atoms with Gasteiger partial charge < -0.3 is 14.6 Å². The van der Waals surface area contributed by atoms with E-state index in [1.165, 1.54) is 0 Å². The first kappa shape index (κ1) is 19.2. The maximum Gasteiger partial charge on any atom is 0.343 e. The van der Waals surface area contributed by atoms with Gasteiger partial charge in [-0.2, -0.15) is 0 Å². The van der Waals surface area contributed by atoms with Crippen LogP contribution in [0.15, 0.2) is 72.8 Å². The Kier molecular flexibility index (Phi) is 6.11. The summed E-state index contributed by atoms with van der Waals surface area (Å²) in [5.41, 5.74) is 3.36. The normalized spacial score (nSPS) is 11.3. The van der Waals surface area contributed by atoms with E-state index < -0.39 is 12.1 Å². The molecule has 1 N–H and O–H groups in total. The number of terminal acetylenes is 1. The van der Waals surface area contributed by atoms with Crippen LogP contribution in [0.1, 0.15) is 15.9 Å². The lowest BCUT2D eigenvalue weighted by Gasteiger charge is -2.08. The van der Waals surface area contributed by atoms with E-state index in [1.807, 2.05) is 36.4 Å². The number of carbonyl (C=O) groups is 1. The van der Waals surface area contributed by atoms with E-state index in [-0.39, 0.29) is 0 Å². The van der Waals surface area contributed by atoms with Crippen LogP contribution in [0.25, 0.3) is 11.1 Å². The summed E-state index contributed by atoms with van der Waals surface area (Å²) in [7, 11) is 1.63. The van der Waals surface area contributed by atoms with Crippen LogP contribution in [0.3, 0.4) is 0 Å². The highest BCUT2D eigenvalue weighted by Gasteiger charge is 2.10. The Morgan fingerprint density at radius 3 is 2.00 bits per heavy atom. The number of hydrogen-bond donors (Lipinski definition) is 1. The van der Waals surface area contributed by atoms with Gasteiger partial charge in [-0.3, -0.25) is 0 Å². The van der Waals surface area contributed by atoms with Gasteiger partial charge in [0.15, 0.2) is 0 Å². The average Bonchev–Trinajstić information content (AvgIpc) is 2.75. The largest absolute Gasteiger partial charge is 0.497 e. The topological polar surface area (TPSA) is 55.8 Å². The number of hydrogen-bond acceptors (Lipinski definition) is 4. The van der Waals surface area contributed by atoms with Crippen LogP contribution in [-0.4, -0.2) is 24.3 Å². The Morgan fingerprint density at radius 2 is 1.46 bits per heavy atom. The second kappa shape index (κ2) is 8.90. The van der Waals surface area contributed by atoms with Crippen molar-refractivity contribution >= 4 is 5.97 Å². The molecule has 0 amide bonds. The lowest BCUT2D eigenvalue weighted by Crippen LogP contribution is -2.09. The smallest absolute Gasteiger partial charge is 0.343 e. The fourth-order valence-electron chi connectivity index (χ4n) is 2.72. The van der Waals surface area contributed by atoms with Gasteiger partial charge in [-0.15, -0.1) is 6.42 Å². The molecule has 3 aromatic rings. The van der Waals surface area contributed by atoms with Gasteiger partial charge in [0.2, 0.25) is 0 Å². The van der Waals surface area contributed by atoms with Crippen molar-refractivity contribution in [3.05, 3.63) is 83.9 Å². The molecule has 0 aromatic heterocycles. The molecule has 0 spiro atoms. The van der Waals surface area contributed by atoms with Crippen molar-refractivity contribution in [3.63, 3.8) is 0 Å². The van der Waals surface area contributed by atoms with Gasteiger partial charge in [0.25, 0.3) is 0 Å². The number of aliphatic hydroxyl groups excluding tert-OH is 1. The lowest BCUT2D eigenvalue weighted by atomic mass is 10.0. The minimum absolute atomic E-state index is 0.359. The van der Waals surface area contributed by atoms with Gasteiger partial charge in [0, 0.05) is 6.42 Å². The van der Waals surface area contributed by atoms with Crippen LogP contribution >= 0.6 is 0 Å². The molecule has 3 rings (SSSR count). The van der Waals surface area contributed by atoms with Crippen molar-refractivity contribution in [1.29, 1.82) is 0 Å². The van der Waals surface area contributed by atoms with E-state index in [2.05, 4.69) is 5.92 Å². The molecule has 0 radical (unpaired) electrons. The first-order valence-corrected chi connectivity index (χ1v) is 8.79. The fraction of sp³-hybridized carbons (Fsp3) is 0.125. The summed E-state index contributed by atoms with van der Waals surface area (Å²) in [6.45, 7) is 0. The summed E-state index contributed by atoms with van der Waals surface area (Å²) >= 11 is 0. The van der Waals surface area contributed by atoms with Crippen LogP contribution in [0.5, 0.6) is 11.5 Å². The highest BCUT2D eigenvalue weighted by molar-refractivity contribution is 5.91. The summed E-state index contributed by atoms with van der Waals surface area (Å²) in [6.07, 6.45) is 4.70. The van der Waals surface area contributed by atoms with Gasteiger partial charge in [-0.25, -0.2) is 4.79 Å². The third-order valence-corrected chi connectivity index (χ3v) is 4.30. The highest BCUT2D eigenvalue weighted by Crippen LogP contribution is 2.23. The first-order chi connectivity index (χ1) is 13.6. The molecule has 3 aromatic carbocycles. The fourth-order valence-corrected chi connectivity index (χ4v) is 2.72. The summed E-state index contributed by atoms with van der Waals surface area (Å²) in [6, 6.07) is 21.9. The zero-order valence-corrected chi connectivity index (χ0v) is 15.5. The van der Waals surface area contributed by atoms with Gasteiger partial charge >= 0.3 is 5.97 Å². The number of aliphatic hydroxyl groups is 1. The molecule has 0 aliphatic rings. The molecule has 1 unspecified atom stereocenters. The molecule has 28 heavy (non-hydrogen) atoms. The molecule has 1 atom stereocenters. The third kappa shape index (κ3) is 4.79. The minimum Gasteiger partial charge on any atom is -0.497 e. The summed E-state index contributed by atoms with van der Waals surface area (Å²) in [4.78, 5) is 12.3. The summed E-state index contributed by atoms with van der Waals surface area (Å²) in [5.74, 6) is 3.06. The molecular formula is C24H20O4. The molecule has 0 bridgehead atoms. The number of rotatable bonds is 6. The molecule has 0 saturated heterocycles. The van der Waals surface area contributed by atoms with E-state index in [0.29, 0.717) is 17.7 Å². The molecular weight excluding hydrogens is 352 g/mol. The maximum atomic E-state index is 12.3. The second-order valence-electron chi connectivity index (χ2n) is 6.23. The molecule has 0 aliphatic heterocycles. The van der Waals surface area contributed by atoms with Gasteiger partial charge in [0.1, 0.15) is 17.6 Å². The zero-order chi connectivity index (χ0) is 19.9. The molecule has 0 fully saturated rings. The van der Waals surface area contributed by atoms with Crippen LogP contribution in [0.2, 0.25) is 0 Å². The van der Waals surface area contributed by atoms with E-state index >= 15 is 0 Å². The van der Waals surface area contributed by atoms with E-state index in [4.69, 9.17) is 15.9 Å². The monoisotopic (exact) mass is 372 g/mol.